The fourth-order valence-electron chi connectivity index (χ4n) is 2.16. The molecule has 2 aliphatic carbocycles. The predicted molar refractivity (Wildman–Crippen MR) is 58.8 cm³/mol. The number of amides is 1. The molecule has 4 nitrogen and oxygen atoms in total. The van der Waals surface area contributed by atoms with Crippen molar-refractivity contribution in [1.29, 1.82) is 0 Å². The maximum Gasteiger partial charge on any atom is 0.329 e. The van der Waals surface area contributed by atoms with Gasteiger partial charge in [-0.15, -0.1) is 0 Å². The van der Waals surface area contributed by atoms with Crippen molar-refractivity contribution in [2.45, 2.75) is 44.1 Å². The van der Waals surface area contributed by atoms with Gasteiger partial charge in [-0.3, -0.25) is 4.79 Å². The molecule has 4 heteroatoms. The lowest BCUT2D eigenvalue weighted by Gasteiger charge is -2.24. The second kappa shape index (κ2) is 4.28. The number of carboxylic acid groups (broad SMARTS) is 1. The van der Waals surface area contributed by atoms with E-state index in [-0.39, 0.29) is 5.91 Å². The van der Waals surface area contributed by atoms with Gasteiger partial charge < -0.3 is 10.4 Å². The van der Waals surface area contributed by atoms with Crippen LogP contribution in [0, 0.1) is 5.92 Å². The van der Waals surface area contributed by atoms with E-state index in [2.05, 4.69) is 5.32 Å². The molecule has 0 atom stereocenters. The third-order valence-electron chi connectivity index (χ3n) is 3.37. The van der Waals surface area contributed by atoms with Crippen LogP contribution >= 0.6 is 0 Å². The van der Waals surface area contributed by atoms with E-state index < -0.39 is 11.5 Å². The van der Waals surface area contributed by atoms with E-state index in [0.717, 1.165) is 25.7 Å². The van der Waals surface area contributed by atoms with Crippen LogP contribution in [0.25, 0.3) is 0 Å². The molecule has 2 N–H and O–H groups in total. The molecule has 2 aliphatic rings. The first-order valence-electron chi connectivity index (χ1n) is 5.86. The van der Waals surface area contributed by atoms with Gasteiger partial charge in [-0.1, -0.05) is 18.9 Å². The Kier molecular flexibility index (Phi) is 2.99. The first-order chi connectivity index (χ1) is 7.62. The van der Waals surface area contributed by atoms with Crippen molar-refractivity contribution in [3.05, 3.63) is 12.2 Å². The van der Waals surface area contributed by atoms with Crippen LogP contribution in [-0.2, 0) is 9.59 Å². The maximum atomic E-state index is 11.6. The Hall–Kier alpha value is -1.32. The second-order valence-corrected chi connectivity index (χ2v) is 4.78. The summed E-state index contributed by atoms with van der Waals surface area (Å²) in [6, 6.07) is 0. The van der Waals surface area contributed by atoms with Crippen LogP contribution < -0.4 is 5.32 Å². The van der Waals surface area contributed by atoms with Gasteiger partial charge in [-0.25, -0.2) is 4.79 Å². The number of hydrogen-bond acceptors (Lipinski definition) is 2. The second-order valence-electron chi connectivity index (χ2n) is 4.78. The molecule has 0 aliphatic heterocycles. The molecular formula is C12H17NO3. The molecule has 2 rings (SSSR count). The molecule has 16 heavy (non-hydrogen) atoms. The summed E-state index contributed by atoms with van der Waals surface area (Å²) >= 11 is 0. The zero-order chi connectivity index (χ0) is 11.6. The smallest absolute Gasteiger partial charge is 0.329 e. The van der Waals surface area contributed by atoms with Crippen LogP contribution in [-0.4, -0.2) is 22.5 Å². The zero-order valence-electron chi connectivity index (χ0n) is 9.24. The lowest BCUT2D eigenvalue weighted by molar-refractivity contribution is -0.146. The molecular weight excluding hydrogens is 206 g/mol. The van der Waals surface area contributed by atoms with Crippen LogP contribution in [0.5, 0.6) is 0 Å². The van der Waals surface area contributed by atoms with Gasteiger partial charge in [0, 0.05) is 0 Å². The molecule has 0 aromatic carbocycles. The normalized spacial score (nSPS) is 23.5. The summed E-state index contributed by atoms with van der Waals surface area (Å²) in [6.45, 7) is 0. The van der Waals surface area contributed by atoms with Gasteiger partial charge in [0.15, 0.2) is 0 Å². The minimum Gasteiger partial charge on any atom is -0.480 e. The number of hydrogen-bond donors (Lipinski definition) is 2. The minimum atomic E-state index is -1.01. The highest BCUT2D eigenvalue weighted by Crippen LogP contribution is 2.31. The summed E-state index contributed by atoms with van der Waals surface area (Å²) in [7, 11) is 0. The third-order valence-corrected chi connectivity index (χ3v) is 3.37. The Morgan fingerprint density at radius 2 is 1.88 bits per heavy atom. The number of carbonyl (C=O) groups excluding carboxylic acids is 1. The summed E-state index contributed by atoms with van der Waals surface area (Å²) in [5.41, 5.74) is -1.01. The Labute approximate surface area is 94.7 Å². The SMILES string of the molecule is O=C(C=CC1CC1)NC1(C(=O)O)CCCC1. The van der Waals surface area contributed by atoms with E-state index in [1.165, 1.54) is 6.08 Å². The van der Waals surface area contributed by atoms with Gasteiger partial charge in [0.1, 0.15) is 5.54 Å². The number of carbonyl (C=O) groups is 2. The zero-order valence-corrected chi connectivity index (χ0v) is 9.24. The van der Waals surface area contributed by atoms with Crippen molar-refractivity contribution < 1.29 is 14.7 Å². The van der Waals surface area contributed by atoms with Crippen molar-refractivity contribution in [3.63, 3.8) is 0 Å². The highest BCUT2D eigenvalue weighted by atomic mass is 16.4. The Bertz CT molecular complexity index is 325. The fraction of sp³-hybridized carbons (Fsp3) is 0.667. The van der Waals surface area contributed by atoms with Crippen LogP contribution in [0.4, 0.5) is 0 Å². The van der Waals surface area contributed by atoms with Gasteiger partial charge in [0.05, 0.1) is 0 Å². The van der Waals surface area contributed by atoms with E-state index >= 15 is 0 Å². The number of aliphatic carboxylic acids is 1. The third kappa shape index (κ3) is 2.43. The largest absolute Gasteiger partial charge is 0.480 e. The lowest BCUT2D eigenvalue weighted by atomic mass is 9.98. The molecule has 0 radical (unpaired) electrons. The van der Waals surface area contributed by atoms with E-state index in [4.69, 9.17) is 5.11 Å². The van der Waals surface area contributed by atoms with E-state index in [9.17, 15) is 9.59 Å². The number of allylic oxidation sites excluding steroid dienone is 1. The van der Waals surface area contributed by atoms with Gasteiger partial charge in [-0.05, 0) is 37.7 Å². The average Bonchev–Trinajstić information content (AvgIpc) is 2.95. The first-order valence-corrected chi connectivity index (χ1v) is 5.86. The molecule has 2 fully saturated rings. The Morgan fingerprint density at radius 3 is 2.38 bits per heavy atom. The van der Waals surface area contributed by atoms with Gasteiger partial charge in [0.25, 0.3) is 0 Å². The van der Waals surface area contributed by atoms with Crippen LogP contribution in [0.3, 0.4) is 0 Å². The first kappa shape index (κ1) is 11.2. The number of nitrogens with one attached hydrogen (secondary N) is 1. The summed E-state index contributed by atoms with van der Waals surface area (Å²) in [5.74, 6) is -0.635. The fourth-order valence-corrected chi connectivity index (χ4v) is 2.16. The Morgan fingerprint density at radius 1 is 1.25 bits per heavy atom. The molecule has 0 aromatic rings. The highest BCUT2D eigenvalue weighted by molar-refractivity contribution is 5.93. The molecule has 0 bridgehead atoms. The highest BCUT2D eigenvalue weighted by Gasteiger charge is 2.42. The molecule has 0 saturated heterocycles. The van der Waals surface area contributed by atoms with Crippen molar-refractivity contribution >= 4 is 11.9 Å². The lowest BCUT2D eigenvalue weighted by Crippen LogP contribution is -2.52. The molecule has 0 heterocycles. The van der Waals surface area contributed by atoms with Crippen LogP contribution in [0.2, 0.25) is 0 Å². The van der Waals surface area contributed by atoms with Crippen molar-refractivity contribution in [1.82, 2.24) is 5.32 Å². The van der Waals surface area contributed by atoms with Gasteiger partial charge >= 0.3 is 5.97 Å². The minimum absolute atomic E-state index is 0.267. The molecule has 1 amide bonds. The topological polar surface area (TPSA) is 66.4 Å². The molecule has 0 unspecified atom stereocenters. The maximum absolute atomic E-state index is 11.6. The number of rotatable bonds is 4. The summed E-state index contributed by atoms with van der Waals surface area (Å²) in [4.78, 5) is 22.8. The quantitative estimate of drug-likeness (QED) is 0.709. The average molecular weight is 223 g/mol. The van der Waals surface area contributed by atoms with Crippen LogP contribution in [0.1, 0.15) is 38.5 Å². The van der Waals surface area contributed by atoms with Gasteiger partial charge in [-0.2, -0.15) is 0 Å². The predicted octanol–water partition coefficient (Wildman–Crippen LogP) is 1.47. The van der Waals surface area contributed by atoms with Gasteiger partial charge in [0.2, 0.25) is 5.91 Å². The van der Waals surface area contributed by atoms with Crippen molar-refractivity contribution in [3.8, 4) is 0 Å². The van der Waals surface area contributed by atoms with E-state index in [1.54, 1.807) is 0 Å². The van der Waals surface area contributed by atoms with E-state index in [0.29, 0.717) is 18.8 Å². The number of carboxylic acids is 1. The molecule has 2 saturated carbocycles. The monoisotopic (exact) mass is 223 g/mol. The summed E-state index contributed by atoms with van der Waals surface area (Å²) < 4.78 is 0. The standard InChI is InChI=1S/C12H17NO3/c14-10(6-5-9-3-4-9)13-12(11(15)16)7-1-2-8-12/h5-6,9H,1-4,7-8H2,(H,13,14)(H,15,16). The molecule has 0 spiro atoms. The molecule has 0 aromatic heterocycles. The Balaban J connectivity index is 1.94. The van der Waals surface area contributed by atoms with E-state index in [1.807, 2.05) is 6.08 Å². The van der Waals surface area contributed by atoms with Crippen molar-refractivity contribution in [2.24, 2.45) is 5.92 Å². The van der Waals surface area contributed by atoms with Crippen molar-refractivity contribution in [2.75, 3.05) is 0 Å². The molecule has 88 valence electrons. The van der Waals surface area contributed by atoms with Crippen LogP contribution in [0.15, 0.2) is 12.2 Å². The summed E-state index contributed by atoms with van der Waals surface area (Å²) in [5, 5.41) is 11.8. The summed E-state index contributed by atoms with van der Waals surface area (Å²) in [6.07, 6.45) is 8.50.